The minimum atomic E-state index is 0.0922. The average molecular weight is 302 g/mol. The van der Waals surface area contributed by atoms with Gasteiger partial charge in [0.05, 0.1) is 23.2 Å². The van der Waals surface area contributed by atoms with E-state index >= 15 is 0 Å². The molecule has 2 aromatic rings. The van der Waals surface area contributed by atoms with Crippen molar-refractivity contribution in [1.82, 2.24) is 15.0 Å². The lowest BCUT2D eigenvalue weighted by atomic mass is 10.2. The molecule has 2 N–H and O–H groups in total. The van der Waals surface area contributed by atoms with Gasteiger partial charge in [0.25, 0.3) is 0 Å². The van der Waals surface area contributed by atoms with Gasteiger partial charge in [-0.3, -0.25) is 9.98 Å². The standard InChI is InChI=1S/C13H12ClN7/c1-16-4-3-9(17-2)7-19-12-10-8(5-15)6-18-11(10)20-13(14)21-12/h3-4,6H,1,7H2,2H3,(H2,18,19,20,21)/b4-3-,17-9?. The number of nitriles is 1. The monoisotopic (exact) mass is 301 g/mol. The van der Waals surface area contributed by atoms with Crippen molar-refractivity contribution >= 4 is 40.9 Å². The smallest absolute Gasteiger partial charge is 0.226 e. The zero-order valence-corrected chi connectivity index (χ0v) is 12.0. The molecule has 0 saturated carbocycles. The largest absolute Gasteiger partial charge is 0.364 e. The van der Waals surface area contributed by atoms with Gasteiger partial charge >= 0.3 is 0 Å². The zero-order valence-electron chi connectivity index (χ0n) is 11.3. The number of hydrogen-bond acceptors (Lipinski definition) is 6. The first kappa shape index (κ1) is 14.7. The van der Waals surface area contributed by atoms with Crippen LogP contribution in [0.1, 0.15) is 5.56 Å². The summed E-state index contributed by atoms with van der Waals surface area (Å²) in [6.45, 7) is 3.77. The first-order chi connectivity index (χ1) is 10.2. The van der Waals surface area contributed by atoms with Gasteiger partial charge in [-0.1, -0.05) is 0 Å². The molecular weight excluding hydrogens is 290 g/mol. The van der Waals surface area contributed by atoms with E-state index in [0.29, 0.717) is 29.0 Å². The SMILES string of the molecule is C=N/C=C\C(CNc1nc(Cl)nc2[nH]cc(C#N)c12)=NC. The van der Waals surface area contributed by atoms with E-state index in [9.17, 15) is 0 Å². The summed E-state index contributed by atoms with van der Waals surface area (Å²) in [5, 5.41) is 12.9. The Morgan fingerprint density at radius 2 is 2.43 bits per heavy atom. The molecule has 0 fully saturated rings. The first-order valence-electron chi connectivity index (χ1n) is 5.96. The number of aromatic nitrogens is 3. The third-order valence-electron chi connectivity index (χ3n) is 2.72. The van der Waals surface area contributed by atoms with Crippen molar-refractivity contribution in [2.24, 2.45) is 9.98 Å². The lowest BCUT2D eigenvalue weighted by Gasteiger charge is -2.07. The third-order valence-corrected chi connectivity index (χ3v) is 2.89. The number of nitrogens with one attached hydrogen (secondary N) is 2. The van der Waals surface area contributed by atoms with Gasteiger partial charge in [-0.15, -0.1) is 0 Å². The van der Waals surface area contributed by atoms with E-state index in [0.717, 1.165) is 5.71 Å². The van der Waals surface area contributed by atoms with Crippen LogP contribution in [0.5, 0.6) is 0 Å². The summed E-state index contributed by atoms with van der Waals surface area (Å²) in [5.41, 5.74) is 1.70. The van der Waals surface area contributed by atoms with Gasteiger partial charge in [-0.05, 0) is 24.4 Å². The molecule has 106 valence electrons. The normalized spacial score (nSPS) is 11.8. The van der Waals surface area contributed by atoms with Gasteiger partial charge in [-0.2, -0.15) is 15.2 Å². The minimum Gasteiger partial charge on any atom is -0.364 e. The van der Waals surface area contributed by atoms with Gasteiger partial charge < -0.3 is 10.3 Å². The van der Waals surface area contributed by atoms with Crippen LogP contribution in [-0.4, -0.2) is 41.0 Å². The summed E-state index contributed by atoms with van der Waals surface area (Å²) in [6, 6.07) is 2.08. The average Bonchev–Trinajstić information content (AvgIpc) is 2.90. The molecule has 0 atom stereocenters. The highest BCUT2D eigenvalue weighted by atomic mass is 35.5. The highest BCUT2D eigenvalue weighted by molar-refractivity contribution is 6.28. The summed E-state index contributed by atoms with van der Waals surface area (Å²) in [7, 11) is 1.67. The lowest BCUT2D eigenvalue weighted by molar-refractivity contribution is 1.18. The van der Waals surface area contributed by atoms with Crippen molar-refractivity contribution in [2.75, 3.05) is 18.9 Å². The Hall–Kier alpha value is -2.72. The summed E-state index contributed by atoms with van der Waals surface area (Å²) >= 11 is 5.88. The van der Waals surface area contributed by atoms with Crippen LogP contribution >= 0.6 is 11.6 Å². The van der Waals surface area contributed by atoms with Crippen LogP contribution in [0.25, 0.3) is 11.0 Å². The summed E-state index contributed by atoms with van der Waals surface area (Å²) in [6.07, 6.45) is 4.84. The molecule has 0 radical (unpaired) electrons. The van der Waals surface area contributed by atoms with E-state index in [1.54, 1.807) is 25.5 Å². The zero-order chi connectivity index (χ0) is 15.2. The Kier molecular flexibility index (Phi) is 4.64. The predicted molar refractivity (Wildman–Crippen MR) is 84.2 cm³/mol. The second-order valence-electron chi connectivity index (χ2n) is 3.95. The van der Waals surface area contributed by atoms with Gasteiger partial charge in [0, 0.05) is 19.4 Å². The molecule has 0 aromatic carbocycles. The molecule has 0 aliphatic rings. The molecule has 0 unspecified atom stereocenters. The van der Waals surface area contributed by atoms with Crippen molar-refractivity contribution < 1.29 is 0 Å². The predicted octanol–water partition coefficient (Wildman–Crippen LogP) is 2.18. The number of aliphatic imine (C=N–C) groups is 2. The van der Waals surface area contributed by atoms with Crippen molar-refractivity contribution in [1.29, 1.82) is 5.26 Å². The number of fused-ring (bicyclic) bond motifs is 1. The molecular formula is C13H12ClN7. The van der Waals surface area contributed by atoms with E-state index in [-0.39, 0.29) is 5.28 Å². The van der Waals surface area contributed by atoms with Gasteiger partial charge in [-0.25, -0.2) is 0 Å². The second kappa shape index (κ2) is 6.63. The number of hydrogen-bond donors (Lipinski definition) is 2. The second-order valence-corrected chi connectivity index (χ2v) is 4.28. The Morgan fingerprint density at radius 1 is 1.62 bits per heavy atom. The van der Waals surface area contributed by atoms with Crippen molar-refractivity contribution in [3.63, 3.8) is 0 Å². The van der Waals surface area contributed by atoms with Gasteiger partial charge in [0.2, 0.25) is 5.28 Å². The van der Waals surface area contributed by atoms with E-state index < -0.39 is 0 Å². The Morgan fingerprint density at radius 3 is 3.10 bits per heavy atom. The van der Waals surface area contributed by atoms with E-state index in [1.165, 1.54) is 0 Å². The van der Waals surface area contributed by atoms with Gasteiger partial charge in [0.1, 0.15) is 17.5 Å². The van der Waals surface area contributed by atoms with E-state index in [4.69, 9.17) is 16.9 Å². The Labute approximate surface area is 126 Å². The number of aromatic amines is 1. The van der Waals surface area contributed by atoms with E-state index in [1.807, 2.05) is 0 Å². The van der Waals surface area contributed by atoms with Crippen LogP contribution in [0.15, 0.2) is 28.5 Å². The number of rotatable bonds is 5. The molecule has 0 spiro atoms. The topological polar surface area (TPSA) is 102 Å². The Bertz CT molecular complexity index is 767. The summed E-state index contributed by atoms with van der Waals surface area (Å²) < 4.78 is 0. The van der Waals surface area contributed by atoms with Gasteiger partial charge in [0.15, 0.2) is 0 Å². The number of anilines is 1. The number of H-pyrrole nitrogens is 1. The highest BCUT2D eigenvalue weighted by Crippen LogP contribution is 2.24. The molecule has 8 heteroatoms. The minimum absolute atomic E-state index is 0.0922. The fraction of sp³-hybridized carbons (Fsp3) is 0.154. The molecule has 0 saturated heterocycles. The molecule has 0 aliphatic heterocycles. The van der Waals surface area contributed by atoms with Crippen LogP contribution in [0, 0.1) is 11.3 Å². The maximum Gasteiger partial charge on any atom is 0.226 e. The van der Waals surface area contributed by atoms with Crippen LogP contribution in [-0.2, 0) is 0 Å². The number of halogens is 1. The maximum atomic E-state index is 9.12. The third kappa shape index (κ3) is 3.24. The quantitative estimate of drug-likeness (QED) is 0.652. The molecule has 7 nitrogen and oxygen atoms in total. The molecule has 0 bridgehead atoms. The van der Waals surface area contributed by atoms with Crippen molar-refractivity contribution in [3.8, 4) is 6.07 Å². The highest BCUT2D eigenvalue weighted by Gasteiger charge is 2.13. The molecule has 2 rings (SSSR count). The lowest BCUT2D eigenvalue weighted by Crippen LogP contribution is -2.13. The molecule has 0 aliphatic carbocycles. The number of nitrogens with zero attached hydrogens (tertiary/aromatic N) is 5. The van der Waals surface area contributed by atoms with Crippen LogP contribution < -0.4 is 5.32 Å². The Balaban J connectivity index is 2.33. The van der Waals surface area contributed by atoms with Crippen molar-refractivity contribution in [2.45, 2.75) is 0 Å². The van der Waals surface area contributed by atoms with Crippen LogP contribution in [0.3, 0.4) is 0 Å². The maximum absolute atomic E-state index is 9.12. The fourth-order valence-electron chi connectivity index (χ4n) is 1.75. The molecule has 2 aromatic heterocycles. The van der Waals surface area contributed by atoms with Crippen LogP contribution in [0.4, 0.5) is 5.82 Å². The molecule has 21 heavy (non-hydrogen) atoms. The molecule has 2 heterocycles. The van der Waals surface area contributed by atoms with E-state index in [2.05, 4.69) is 43.0 Å². The first-order valence-corrected chi connectivity index (χ1v) is 6.34. The fourth-order valence-corrected chi connectivity index (χ4v) is 1.92. The van der Waals surface area contributed by atoms with Crippen LogP contribution in [0.2, 0.25) is 5.28 Å². The summed E-state index contributed by atoms with van der Waals surface area (Å²) in [5.74, 6) is 0.476. The van der Waals surface area contributed by atoms with Crippen molar-refractivity contribution in [3.05, 3.63) is 29.3 Å². The summed E-state index contributed by atoms with van der Waals surface area (Å²) in [4.78, 5) is 18.8. The molecule has 0 amide bonds.